The van der Waals surface area contributed by atoms with E-state index in [2.05, 4.69) is 36.1 Å². The fourth-order valence-electron chi connectivity index (χ4n) is 3.15. The first-order valence-corrected chi connectivity index (χ1v) is 8.27. The van der Waals surface area contributed by atoms with Gasteiger partial charge in [-0.15, -0.1) is 5.10 Å². The topological polar surface area (TPSA) is 63.0 Å². The van der Waals surface area contributed by atoms with Gasteiger partial charge in [0.15, 0.2) is 0 Å². The number of fused-ring (bicyclic) bond motifs is 1. The number of aryl methyl sites for hydroxylation is 2. The van der Waals surface area contributed by atoms with Crippen LogP contribution < -0.4 is 4.90 Å². The molecule has 3 aromatic rings. The largest absolute Gasteiger partial charge is 0.338 e. The molecule has 24 heavy (non-hydrogen) atoms. The molecule has 1 aliphatic heterocycles. The molecule has 0 radical (unpaired) electrons. The fraction of sp³-hybridized carbons (Fsp3) is 0.412. The summed E-state index contributed by atoms with van der Waals surface area (Å²) in [5.41, 5.74) is 4.07. The molecule has 0 amide bonds. The minimum atomic E-state index is 0.766. The molecule has 0 atom stereocenters. The maximum Gasteiger partial charge on any atom is 0.225 e. The maximum absolute atomic E-state index is 4.57. The number of hydrogen-bond donors (Lipinski definition) is 0. The van der Waals surface area contributed by atoms with E-state index in [0.29, 0.717) is 0 Å². The van der Waals surface area contributed by atoms with Crippen LogP contribution in [0.3, 0.4) is 0 Å². The predicted molar refractivity (Wildman–Crippen MR) is 92.8 cm³/mol. The number of anilines is 1. The molecule has 1 aliphatic rings. The molecule has 2 aromatic heterocycles. The van der Waals surface area contributed by atoms with E-state index in [0.717, 1.165) is 61.2 Å². The summed E-state index contributed by atoms with van der Waals surface area (Å²) in [6.45, 7) is 8.58. The van der Waals surface area contributed by atoms with E-state index >= 15 is 0 Å². The van der Waals surface area contributed by atoms with Crippen LogP contribution in [0.25, 0.3) is 11.0 Å². The number of hydrogen-bond acceptors (Lipinski definition) is 6. The maximum atomic E-state index is 4.57. The quantitative estimate of drug-likeness (QED) is 0.730. The molecule has 4 rings (SSSR count). The summed E-state index contributed by atoms with van der Waals surface area (Å²) in [6, 6.07) is 10.1. The Morgan fingerprint density at radius 1 is 0.958 bits per heavy atom. The molecule has 0 saturated carbocycles. The third-order valence-corrected chi connectivity index (χ3v) is 4.38. The second-order valence-corrected chi connectivity index (χ2v) is 6.27. The molecular formula is C17H21N7. The van der Waals surface area contributed by atoms with Gasteiger partial charge in [0.05, 0.1) is 12.2 Å². The van der Waals surface area contributed by atoms with Crippen molar-refractivity contribution in [3.63, 3.8) is 0 Å². The van der Waals surface area contributed by atoms with Crippen molar-refractivity contribution in [2.75, 3.05) is 31.1 Å². The van der Waals surface area contributed by atoms with Gasteiger partial charge in [-0.3, -0.25) is 4.90 Å². The van der Waals surface area contributed by atoms with E-state index < -0.39 is 0 Å². The van der Waals surface area contributed by atoms with E-state index in [1.54, 1.807) is 0 Å². The first kappa shape index (κ1) is 15.0. The van der Waals surface area contributed by atoms with Gasteiger partial charge in [0.2, 0.25) is 5.95 Å². The van der Waals surface area contributed by atoms with Crippen LogP contribution in [0.5, 0.6) is 0 Å². The predicted octanol–water partition coefficient (Wildman–Crippen LogP) is 1.62. The van der Waals surface area contributed by atoms with E-state index in [-0.39, 0.29) is 0 Å². The van der Waals surface area contributed by atoms with Gasteiger partial charge in [0.25, 0.3) is 0 Å². The highest BCUT2D eigenvalue weighted by atomic mass is 15.5. The molecule has 0 spiro atoms. The summed E-state index contributed by atoms with van der Waals surface area (Å²) in [5.74, 6) is 0.846. The van der Waals surface area contributed by atoms with Gasteiger partial charge in [0.1, 0.15) is 5.52 Å². The average molecular weight is 323 g/mol. The smallest absolute Gasteiger partial charge is 0.225 e. The molecule has 1 saturated heterocycles. The Bertz CT molecular complexity index is 829. The van der Waals surface area contributed by atoms with Crippen LogP contribution >= 0.6 is 0 Å². The lowest BCUT2D eigenvalue weighted by atomic mass is 10.3. The van der Waals surface area contributed by atoms with Crippen molar-refractivity contribution >= 4 is 17.0 Å². The van der Waals surface area contributed by atoms with E-state index in [1.807, 2.05) is 42.8 Å². The highest BCUT2D eigenvalue weighted by Crippen LogP contribution is 2.15. The van der Waals surface area contributed by atoms with Crippen molar-refractivity contribution in [2.45, 2.75) is 20.5 Å². The molecule has 124 valence electrons. The third kappa shape index (κ3) is 2.94. The lowest BCUT2D eigenvalue weighted by Crippen LogP contribution is -2.47. The number of nitrogens with zero attached hydrogens (tertiary/aromatic N) is 7. The van der Waals surface area contributed by atoms with Crippen LogP contribution in [0, 0.1) is 13.8 Å². The average Bonchev–Trinajstić information content (AvgIpc) is 2.98. The molecule has 7 heteroatoms. The first-order chi connectivity index (χ1) is 11.7. The number of piperazine rings is 1. The summed E-state index contributed by atoms with van der Waals surface area (Å²) in [4.78, 5) is 13.8. The molecule has 0 N–H and O–H groups in total. The Balaban J connectivity index is 1.43. The third-order valence-electron chi connectivity index (χ3n) is 4.38. The molecular weight excluding hydrogens is 302 g/mol. The summed E-state index contributed by atoms with van der Waals surface area (Å²) in [6.07, 6.45) is 0. The summed E-state index contributed by atoms with van der Waals surface area (Å²) in [7, 11) is 0. The minimum absolute atomic E-state index is 0.766. The van der Waals surface area contributed by atoms with Crippen LogP contribution in [0.2, 0.25) is 0 Å². The summed E-state index contributed by atoms with van der Waals surface area (Å²) >= 11 is 0. The highest BCUT2D eigenvalue weighted by Gasteiger charge is 2.20. The van der Waals surface area contributed by atoms with Gasteiger partial charge in [-0.2, -0.15) is 0 Å². The summed E-state index contributed by atoms with van der Waals surface area (Å²) < 4.78 is 1.97. The zero-order chi connectivity index (χ0) is 16.5. The van der Waals surface area contributed by atoms with Gasteiger partial charge < -0.3 is 4.90 Å². The SMILES string of the molecule is Cc1cc(C)nc(N2CCN(Cn3nnc4ccccc43)CC2)n1. The zero-order valence-electron chi connectivity index (χ0n) is 14.1. The highest BCUT2D eigenvalue weighted by molar-refractivity contribution is 5.73. The first-order valence-electron chi connectivity index (χ1n) is 8.27. The van der Waals surface area contributed by atoms with Gasteiger partial charge in [0, 0.05) is 37.6 Å². The lowest BCUT2D eigenvalue weighted by molar-refractivity contribution is 0.197. The molecule has 0 aliphatic carbocycles. The van der Waals surface area contributed by atoms with Gasteiger partial charge in [-0.05, 0) is 32.0 Å². The minimum Gasteiger partial charge on any atom is -0.338 e. The second-order valence-electron chi connectivity index (χ2n) is 6.27. The standard InChI is InChI=1S/C17H21N7/c1-13-11-14(2)19-17(18-13)23-9-7-22(8-10-23)12-24-16-6-4-3-5-15(16)20-21-24/h3-6,11H,7-10,12H2,1-2H3. The zero-order valence-corrected chi connectivity index (χ0v) is 14.1. The number of para-hydroxylation sites is 1. The van der Waals surface area contributed by atoms with Gasteiger partial charge >= 0.3 is 0 Å². The fourth-order valence-corrected chi connectivity index (χ4v) is 3.15. The van der Waals surface area contributed by atoms with Crippen molar-refractivity contribution < 1.29 is 0 Å². The van der Waals surface area contributed by atoms with E-state index in [4.69, 9.17) is 0 Å². The molecule has 7 nitrogen and oxygen atoms in total. The van der Waals surface area contributed by atoms with E-state index in [9.17, 15) is 0 Å². The molecule has 3 heterocycles. The Morgan fingerprint density at radius 2 is 1.67 bits per heavy atom. The molecule has 0 unspecified atom stereocenters. The van der Waals surface area contributed by atoms with Gasteiger partial charge in [-0.25, -0.2) is 14.6 Å². The number of aromatic nitrogens is 5. The lowest BCUT2D eigenvalue weighted by Gasteiger charge is -2.34. The Hall–Kier alpha value is -2.54. The normalized spacial score (nSPS) is 16.0. The van der Waals surface area contributed by atoms with E-state index in [1.165, 1.54) is 0 Å². The van der Waals surface area contributed by atoms with Gasteiger partial charge in [-0.1, -0.05) is 17.3 Å². The van der Waals surface area contributed by atoms with Crippen LogP contribution in [0.15, 0.2) is 30.3 Å². The Morgan fingerprint density at radius 3 is 2.42 bits per heavy atom. The second kappa shape index (κ2) is 6.16. The van der Waals surface area contributed by atoms with Crippen molar-refractivity contribution in [2.24, 2.45) is 0 Å². The van der Waals surface area contributed by atoms with Crippen LogP contribution in [-0.4, -0.2) is 56.0 Å². The van der Waals surface area contributed by atoms with Crippen LogP contribution in [0.1, 0.15) is 11.4 Å². The van der Waals surface area contributed by atoms with Crippen molar-refractivity contribution in [1.29, 1.82) is 0 Å². The van der Waals surface area contributed by atoms with Crippen molar-refractivity contribution in [3.05, 3.63) is 41.7 Å². The van der Waals surface area contributed by atoms with Crippen molar-refractivity contribution in [1.82, 2.24) is 29.9 Å². The summed E-state index contributed by atoms with van der Waals surface area (Å²) in [5, 5.41) is 8.50. The van der Waals surface area contributed by atoms with Crippen molar-refractivity contribution in [3.8, 4) is 0 Å². The Labute approximate surface area is 140 Å². The molecule has 0 bridgehead atoms. The number of benzene rings is 1. The molecule has 1 fully saturated rings. The molecule has 1 aromatic carbocycles. The van der Waals surface area contributed by atoms with Crippen LogP contribution in [-0.2, 0) is 6.67 Å². The Kier molecular flexibility index (Phi) is 3.86. The number of rotatable bonds is 3. The monoisotopic (exact) mass is 323 g/mol. The van der Waals surface area contributed by atoms with Crippen LogP contribution in [0.4, 0.5) is 5.95 Å².